The zero-order valence-electron chi connectivity index (χ0n) is 9.22. The molecule has 0 aliphatic rings. The van der Waals surface area contributed by atoms with Crippen LogP contribution >= 0.6 is 27.3 Å². The molecule has 0 saturated carbocycles. The Labute approximate surface area is 117 Å². The number of hydrogen-bond acceptors (Lipinski definition) is 5. The molecule has 0 amide bonds. The topological polar surface area (TPSA) is 85.3 Å². The zero-order valence-corrected chi connectivity index (χ0v) is 12.4. The predicted molar refractivity (Wildman–Crippen MR) is 72.6 cm³/mol. The number of halogens is 1. The number of rotatable bonds is 5. The van der Waals surface area contributed by atoms with Crippen LogP contribution in [0.1, 0.15) is 10.6 Å². The van der Waals surface area contributed by atoms with E-state index in [1.54, 1.807) is 18.2 Å². The molecule has 18 heavy (non-hydrogen) atoms. The fourth-order valence-electron chi connectivity index (χ4n) is 1.34. The molecular formula is C10H11BrN2O3S2. The summed E-state index contributed by atoms with van der Waals surface area (Å²) < 4.78 is 32.2. The van der Waals surface area contributed by atoms with Crippen molar-refractivity contribution in [1.29, 1.82) is 0 Å². The van der Waals surface area contributed by atoms with Crippen molar-refractivity contribution in [2.45, 2.75) is 18.0 Å². The van der Waals surface area contributed by atoms with Gasteiger partial charge in [0.25, 0.3) is 0 Å². The Morgan fingerprint density at radius 1 is 1.50 bits per heavy atom. The minimum Gasteiger partial charge on any atom is -0.468 e. The van der Waals surface area contributed by atoms with Gasteiger partial charge in [-0.2, -0.15) is 0 Å². The predicted octanol–water partition coefficient (Wildman–Crippen LogP) is 2.04. The van der Waals surface area contributed by atoms with Gasteiger partial charge in [-0.15, -0.1) is 11.3 Å². The van der Waals surface area contributed by atoms with Gasteiger partial charge in [0.15, 0.2) is 0 Å². The van der Waals surface area contributed by atoms with E-state index >= 15 is 0 Å². The maximum Gasteiger partial charge on any atom is 0.242 e. The second kappa shape index (κ2) is 5.54. The third kappa shape index (κ3) is 3.01. The first-order valence-electron chi connectivity index (χ1n) is 5.03. The molecule has 8 heteroatoms. The van der Waals surface area contributed by atoms with Crippen LogP contribution in [0.2, 0.25) is 0 Å². The average molecular weight is 351 g/mol. The molecule has 0 fully saturated rings. The van der Waals surface area contributed by atoms with E-state index in [0.29, 0.717) is 16.1 Å². The summed E-state index contributed by atoms with van der Waals surface area (Å²) in [5.74, 6) is 0.559. The fraction of sp³-hybridized carbons (Fsp3) is 0.200. The second-order valence-electron chi connectivity index (χ2n) is 3.46. The molecule has 0 atom stereocenters. The van der Waals surface area contributed by atoms with Gasteiger partial charge in [0.1, 0.15) is 10.7 Å². The first-order valence-corrected chi connectivity index (χ1v) is 8.12. The van der Waals surface area contributed by atoms with E-state index in [1.807, 2.05) is 0 Å². The molecule has 2 rings (SSSR count). The van der Waals surface area contributed by atoms with Crippen LogP contribution in [0.15, 0.2) is 37.6 Å². The van der Waals surface area contributed by atoms with Gasteiger partial charge in [-0.3, -0.25) is 0 Å². The molecule has 2 aromatic heterocycles. The standard InChI is InChI=1S/C10H11BrN2O3S2/c11-10-9(4-8(5-12)17-10)18(14,15)13-6-7-2-1-3-16-7/h1-4,13H,5-6,12H2. The van der Waals surface area contributed by atoms with Crippen molar-refractivity contribution in [3.8, 4) is 0 Å². The number of nitrogens with two attached hydrogens (primary N) is 1. The molecule has 0 spiro atoms. The second-order valence-corrected chi connectivity index (χ2v) is 7.65. The van der Waals surface area contributed by atoms with Crippen molar-refractivity contribution in [3.63, 3.8) is 0 Å². The van der Waals surface area contributed by atoms with Gasteiger partial charge in [-0.25, -0.2) is 13.1 Å². The van der Waals surface area contributed by atoms with Crippen LogP contribution in [0.5, 0.6) is 0 Å². The molecule has 0 unspecified atom stereocenters. The lowest BCUT2D eigenvalue weighted by molar-refractivity contribution is 0.498. The highest BCUT2D eigenvalue weighted by Crippen LogP contribution is 2.31. The number of hydrogen-bond donors (Lipinski definition) is 2. The summed E-state index contributed by atoms with van der Waals surface area (Å²) in [5.41, 5.74) is 5.49. The van der Waals surface area contributed by atoms with Crippen LogP contribution in [0.4, 0.5) is 0 Å². The Morgan fingerprint density at radius 3 is 2.83 bits per heavy atom. The van der Waals surface area contributed by atoms with Crippen molar-refractivity contribution in [1.82, 2.24) is 4.72 Å². The Balaban J connectivity index is 2.17. The van der Waals surface area contributed by atoms with E-state index in [0.717, 1.165) is 4.88 Å². The molecule has 5 nitrogen and oxygen atoms in total. The van der Waals surface area contributed by atoms with E-state index in [9.17, 15) is 8.42 Å². The first-order chi connectivity index (χ1) is 8.53. The van der Waals surface area contributed by atoms with Crippen LogP contribution in [0.3, 0.4) is 0 Å². The van der Waals surface area contributed by atoms with Gasteiger partial charge in [-0.05, 0) is 34.1 Å². The minimum absolute atomic E-state index is 0.121. The third-order valence-corrected chi connectivity index (χ3v) is 5.89. The molecule has 98 valence electrons. The lowest BCUT2D eigenvalue weighted by Crippen LogP contribution is -2.22. The van der Waals surface area contributed by atoms with Gasteiger partial charge in [0.2, 0.25) is 10.0 Å². The lowest BCUT2D eigenvalue weighted by atomic mass is 10.5. The summed E-state index contributed by atoms with van der Waals surface area (Å²) in [5, 5.41) is 0. The molecule has 0 radical (unpaired) electrons. The van der Waals surface area contributed by atoms with Crippen LogP contribution in [-0.4, -0.2) is 8.42 Å². The molecule has 0 saturated heterocycles. The summed E-state index contributed by atoms with van der Waals surface area (Å²) in [6, 6.07) is 4.98. The van der Waals surface area contributed by atoms with Crippen LogP contribution in [0.25, 0.3) is 0 Å². The summed E-state index contributed by atoms with van der Waals surface area (Å²) >= 11 is 4.55. The fourth-order valence-corrected chi connectivity index (χ4v) is 4.89. The Morgan fingerprint density at radius 2 is 2.28 bits per heavy atom. The number of furan rings is 1. The molecule has 0 aromatic carbocycles. The maximum atomic E-state index is 12.1. The summed E-state index contributed by atoms with van der Waals surface area (Å²) in [6.45, 7) is 0.437. The van der Waals surface area contributed by atoms with E-state index in [4.69, 9.17) is 10.2 Å². The first kappa shape index (κ1) is 13.8. The molecule has 0 bridgehead atoms. The molecule has 3 N–H and O–H groups in total. The highest BCUT2D eigenvalue weighted by molar-refractivity contribution is 9.11. The largest absolute Gasteiger partial charge is 0.468 e. The van der Waals surface area contributed by atoms with E-state index in [2.05, 4.69) is 20.7 Å². The van der Waals surface area contributed by atoms with Crippen molar-refractivity contribution in [2.24, 2.45) is 5.73 Å². The Kier molecular flexibility index (Phi) is 4.23. The van der Waals surface area contributed by atoms with E-state index < -0.39 is 10.0 Å². The van der Waals surface area contributed by atoms with Crippen LogP contribution in [0, 0.1) is 0 Å². The smallest absolute Gasteiger partial charge is 0.242 e. The Bertz CT molecular complexity index is 620. The van der Waals surface area contributed by atoms with Gasteiger partial charge in [-0.1, -0.05) is 0 Å². The van der Waals surface area contributed by atoms with Crippen LogP contribution in [-0.2, 0) is 23.1 Å². The third-order valence-electron chi connectivity index (χ3n) is 2.21. The quantitative estimate of drug-likeness (QED) is 0.863. The average Bonchev–Trinajstić information content (AvgIpc) is 2.95. The molecule has 0 aliphatic carbocycles. The lowest BCUT2D eigenvalue weighted by Gasteiger charge is -2.03. The highest BCUT2D eigenvalue weighted by Gasteiger charge is 2.20. The maximum absolute atomic E-state index is 12.1. The van der Waals surface area contributed by atoms with Crippen molar-refractivity contribution in [2.75, 3.05) is 0 Å². The van der Waals surface area contributed by atoms with E-state index in [-0.39, 0.29) is 11.4 Å². The summed E-state index contributed by atoms with van der Waals surface area (Å²) in [7, 11) is -3.56. The van der Waals surface area contributed by atoms with Gasteiger partial charge < -0.3 is 10.2 Å². The molecule has 0 aliphatic heterocycles. The van der Waals surface area contributed by atoms with Crippen molar-refractivity contribution >= 4 is 37.3 Å². The summed E-state index contributed by atoms with van der Waals surface area (Å²) in [4.78, 5) is 1.01. The van der Waals surface area contributed by atoms with E-state index in [1.165, 1.54) is 17.6 Å². The van der Waals surface area contributed by atoms with Gasteiger partial charge >= 0.3 is 0 Å². The zero-order chi connectivity index (χ0) is 13.2. The minimum atomic E-state index is -3.56. The van der Waals surface area contributed by atoms with Crippen molar-refractivity contribution in [3.05, 3.63) is 38.9 Å². The van der Waals surface area contributed by atoms with Gasteiger partial charge in [0, 0.05) is 11.4 Å². The monoisotopic (exact) mass is 350 g/mol. The highest BCUT2D eigenvalue weighted by atomic mass is 79.9. The normalized spacial score (nSPS) is 11.9. The SMILES string of the molecule is NCc1cc(S(=O)(=O)NCc2ccco2)c(Br)s1. The Hall–Kier alpha value is -0.670. The number of thiophene rings is 1. The number of nitrogens with one attached hydrogen (secondary N) is 1. The van der Waals surface area contributed by atoms with Crippen LogP contribution < -0.4 is 10.5 Å². The van der Waals surface area contributed by atoms with Gasteiger partial charge in [0.05, 0.1) is 16.6 Å². The summed E-state index contributed by atoms with van der Waals surface area (Å²) in [6.07, 6.45) is 1.50. The molecule has 2 heterocycles. The molecule has 2 aromatic rings. The van der Waals surface area contributed by atoms with Crippen molar-refractivity contribution < 1.29 is 12.8 Å². The molecular weight excluding hydrogens is 340 g/mol. The number of sulfonamides is 1.